The van der Waals surface area contributed by atoms with Crippen LogP contribution in [0, 0.1) is 18.3 Å². The second-order valence-corrected chi connectivity index (χ2v) is 4.19. The Bertz CT molecular complexity index is 609. The van der Waals surface area contributed by atoms with Crippen molar-refractivity contribution in [3.05, 3.63) is 70.8 Å². The molecule has 0 unspecified atom stereocenters. The maximum absolute atomic E-state index is 8.93. The van der Waals surface area contributed by atoms with Crippen LogP contribution in [0.4, 0.5) is 0 Å². The van der Waals surface area contributed by atoms with E-state index in [0.717, 1.165) is 11.1 Å². The summed E-state index contributed by atoms with van der Waals surface area (Å²) in [6.07, 6.45) is 1.66. The minimum Gasteiger partial charge on any atom is -0.391 e. The molecule has 3 heteroatoms. The quantitative estimate of drug-likeness (QED) is 0.616. The molecule has 3 nitrogen and oxygen atoms in total. The van der Waals surface area contributed by atoms with E-state index in [1.54, 1.807) is 12.3 Å². The fourth-order valence-electron chi connectivity index (χ4n) is 1.61. The maximum atomic E-state index is 8.93. The molecule has 0 saturated heterocycles. The largest absolute Gasteiger partial charge is 0.391 e. The third-order valence-electron chi connectivity index (χ3n) is 2.71. The molecular formula is C16H14N2O. The molecular weight excluding hydrogens is 236 g/mol. The van der Waals surface area contributed by atoms with Gasteiger partial charge in [-0.15, -0.1) is 0 Å². The lowest BCUT2D eigenvalue weighted by atomic mass is 10.1. The van der Waals surface area contributed by atoms with Crippen LogP contribution in [0.25, 0.3) is 0 Å². The van der Waals surface area contributed by atoms with Gasteiger partial charge in [0.1, 0.15) is 6.61 Å². The van der Waals surface area contributed by atoms with Gasteiger partial charge in [0.25, 0.3) is 0 Å². The molecule has 2 aromatic rings. The second-order valence-electron chi connectivity index (χ2n) is 4.19. The molecule has 0 aromatic heterocycles. The van der Waals surface area contributed by atoms with Crippen molar-refractivity contribution in [2.75, 3.05) is 0 Å². The Kier molecular flexibility index (Phi) is 4.30. The van der Waals surface area contributed by atoms with Gasteiger partial charge < -0.3 is 4.84 Å². The summed E-state index contributed by atoms with van der Waals surface area (Å²) in [5.41, 5.74) is 3.65. The Morgan fingerprint density at radius 1 is 1.16 bits per heavy atom. The first-order valence-corrected chi connectivity index (χ1v) is 5.99. The van der Waals surface area contributed by atoms with Gasteiger partial charge in [-0.2, -0.15) is 5.26 Å². The Balaban J connectivity index is 1.93. The van der Waals surface area contributed by atoms with Crippen LogP contribution in [0.1, 0.15) is 22.3 Å². The average Bonchev–Trinajstić information content (AvgIpc) is 2.46. The van der Waals surface area contributed by atoms with E-state index in [2.05, 4.69) is 11.2 Å². The van der Waals surface area contributed by atoms with Crippen molar-refractivity contribution >= 4 is 6.21 Å². The van der Waals surface area contributed by atoms with Crippen molar-refractivity contribution in [3.63, 3.8) is 0 Å². The van der Waals surface area contributed by atoms with Gasteiger partial charge in [0.15, 0.2) is 0 Å². The van der Waals surface area contributed by atoms with E-state index in [1.165, 1.54) is 5.56 Å². The van der Waals surface area contributed by atoms with Crippen LogP contribution in [0.5, 0.6) is 0 Å². The Morgan fingerprint density at radius 2 is 1.89 bits per heavy atom. The summed E-state index contributed by atoms with van der Waals surface area (Å²) in [7, 11) is 0. The zero-order valence-electron chi connectivity index (χ0n) is 10.7. The predicted molar refractivity (Wildman–Crippen MR) is 74.7 cm³/mol. The highest BCUT2D eigenvalue weighted by molar-refractivity contribution is 5.79. The van der Waals surface area contributed by atoms with Gasteiger partial charge in [-0.3, -0.25) is 0 Å². The van der Waals surface area contributed by atoms with Crippen molar-refractivity contribution in [3.8, 4) is 6.07 Å². The summed E-state index contributed by atoms with van der Waals surface area (Å²) in [6, 6.07) is 17.5. The lowest BCUT2D eigenvalue weighted by molar-refractivity contribution is 0.132. The van der Waals surface area contributed by atoms with Crippen molar-refractivity contribution < 1.29 is 4.84 Å². The number of rotatable bonds is 4. The van der Waals surface area contributed by atoms with E-state index in [4.69, 9.17) is 10.1 Å². The molecule has 2 rings (SSSR count). The molecule has 94 valence electrons. The Hall–Kier alpha value is -2.60. The fourth-order valence-corrected chi connectivity index (χ4v) is 1.61. The highest BCUT2D eigenvalue weighted by atomic mass is 16.6. The lowest BCUT2D eigenvalue weighted by Crippen LogP contribution is -1.92. The number of oxime groups is 1. The maximum Gasteiger partial charge on any atom is 0.143 e. The molecule has 0 N–H and O–H groups in total. The molecule has 0 radical (unpaired) electrons. The van der Waals surface area contributed by atoms with Crippen molar-refractivity contribution in [2.45, 2.75) is 13.5 Å². The minimum atomic E-state index is 0.298. The van der Waals surface area contributed by atoms with Crippen LogP contribution in [0.15, 0.2) is 53.7 Å². The molecule has 0 atom stereocenters. The van der Waals surface area contributed by atoms with Gasteiger partial charge in [0.2, 0.25) is 0 Å². The van der Waals surface area contributed by atoms with Crippen molar-refractivity contribution in [2.24, 2.45) is 5.16 Å². The van der Waals surface area contributed by atoms with Gasteiger partial charge in [-0.25, -0.2) is 0 Å². The lowest BCUT2D eigenvalue weighted by Gasteiger charge is -2.01. The first kappa shape index (κ1) is 12.8. The zero-order valence-corrected chi connectivity index (χ0v) is 10.7. The first-order valence-electron chi connectivity index (χ1n) is 5.99. The molecule has 0 aliphatic heterocycles. The van der Waals surface area contributed by atoms with Crippen LogP contribution < -0.4 is 0 Å². The molecule has 0 amide bonds. The Labute approximate surface area is 112 Å². The molecule has 2 aromatic carbocycles. The number of nitrogens with zero attached hydrogens (tertiary/aromatic N) is 2. The van der Waals surface area contributed by atoms with Gasteiger partial charge in [0.05, 0.1) is 17.8 Å². The highest BCUT2D eigenvalue weighted by Gasteiger charge is 1.99. The van der Waals surface area contributed by atoms with Gasteiger partial charge in [0, 0.05) is 5.56 Å². The smallest absolute Gasteiger partial charge is 0.143 e. The summed E-state index contributed by atoms with van der Waals surface area (Å²) in [5.74, 6) is 0. The molecule has 0 spiro atoms. The summed E-state index contributed by atoms with van der Waals surface area (Å²) in [5, 5.41) is 12.8. The zero-order chi connectivity index (χ0) is 13.5. The topological polar surface area (TPSA) is 45.4 Å². The van der Waals surface area contributed by atoms with E-state index in [1.807, 2.05) is 49.4 Å². The standard InChI is InChI=1S/C16H14N2O/c1-13-6-8-14(9-7-13)11-18-19-12-16-5-3-2-4-15(16)10-17/h2-9,11H,12H2,1H3/b18-11-. The average molecular weight is 250 g/mol. The summed E-state index contributed by atoms with van der Waals surface area (Å²) >= 11 is 0. The third-order valence-corrected chi connectivity index (χ3v) is 2.71. The van der Waals surface area contributed by atoms with E-state index >= 15 is 0 Å². The van der Waals surface area contributed by atoms with Crippen LogP contribution in [-0.4, -0.2) is 6.21 Å². The monoisotopic (exact) mass is 250 g/mol. The number of hydrogen-bond donors (Lipinski definition) is 0. The molecule has 0 aliphatic rings. The molecule has 0 heterocycles. The molecule has 0 bridgehead atoms. The van der Waals surface area contributed by atoms with E-state index in [9.17, 15) is 0 Å². The number of aryl methyl sites for hydroxylation is 1. The van der Waals surface area contributed by atoms with Gasteiger partial charge in [-0.1, -0.05) is 53.2 Å². The molecule has 19 heavy (non-hydrogen) atoms. The van der Waals surface area contributed by atoms with E-state index < -0.39 is 0 Å². The van der Waals surface area contributed by atoms with Crippen LogP contribution in [0.3, 0.4) is 0 Å². The van der Waals surface area contributed by atoms with E-state index in [0.29, 0.717) is 12.2 Å². The molecule has 0 saturated carbocycles. The predicted octanol–water partition coefficient (Wildman–Crippen LogP) is 3.42. The van der Waals surface area contributed by atoms with Crippen LogP contribution in [0.2, 0.25) is 0 Å². The first-order chi connectivity index (χ1) is 9.29. The normalized spacial score (nSPS) is 10.3. The van der Waals surface area contributed by atoms with Gasteiger partial charge >= 0.3 is 0 Å². The summed E-state index contributed by atoms with van der Waals surface area (Å²) < 4.78 is 0. The summed E-state index contributed by atoms with van der Waals surface area (Å²) in [4.78, 5) is 5.21. The number of benzene rings is 2. The Morgan fingerprint density at radius 3 is 2.63 bits per heavy atom. The van der Waals surface area contributed by atoms with Crippen LogP contribution >= 0.6 is 0 Å². The fraction of sp³-hybridized carbons (Fsp3) is 0.125. The van der Waals surface area contributed by atoms with Crippen molar-refractivity contribution in [1.29, 1.82) is 5.26 Å². The SMILES string of the molecule is Cc1ccc(/C=N\OCc2ccccc2C#N)cc1. The molecule has 0 fully saturated rings. The minimum absolute atomic E-state index is 0.298. The van der Waals surface area contributed by atoms with E-state index in [-0.39, 0.29) is 0 Å². The van der Waals surface area contributed by atoms with Crippen LogP contribution in [-0.2, 0) is 11.4 Å². The van der Waals surface area contributed by atoms with Crippen molar-refractivity contribution in [1.82, 2.24) is 0 Å². The number of hydrogen-bond acceptors (Lipinski definition) is 3. The number of nitriles is 1. The third kappa shape index (κ3) is 3.68. The highest BCUT2D eigenvalue weighted by Crippen LogP contribution is 2.08. The summed E-state index contributed by atoms with van der Waals surface area (Å²) in [6.45, 7) is 2.34. The second kappa shape index (κ2) is 6.36. The van der Waals surface area contributed by atoms with Gasteiger partial charge in [-0.05, 0) is 18.6 Å². The molecule has 0 aliphatic carbocycles.